The molecule has 0 aromatic heterocycles. The highest BCUT2D eigenvalue weighted by Gasteiger charge is 2.52. The van der Waals surface area contributed by atoms with Gasteiger partial charge in [-0.3, -0.25) is 16.0 Å². The van der Waals surface area contributed by atoms with Crippen molar-refractivity contribution in [1.82, 2.24) is 0 Å². The van der Waals surface area contributed by atoms with E-state index in [1.54, 1.807) is 26.0 Å². The monoisotopic (exact) mass is 788 g/mol. The molecule has 1 aliphatic heterocycles. The average Bonchev–Trinajstić information content (AvgIpc) is 3.20. The number of rotatable bonds is 14. The van der Waals surface area contributed by atoms with Gasteiger partial charge in [-0.25, -0.2) is 28.0 Å². The summed E-state index contributed by atoms with van der Waals surface area (Å²) in [6, 6.07) is 24.0. The van der Waals surface area contributed by atoms with Crippen LogP contribution in [0.15, 0.2) is 97.1 Å². The van der Waals surface area contributed by atoms with E-state index in [1.807, 2.05) is 6.07 Å². The lowest BCUT2D eigenvalue weighted by Gasteiger charge is -2.44. The van der Waals surface area contributed by atoms with Crippen LogP contribution in [0, 0.1) is 23.0 Å². The maximum Gasteiger partial charge on any atom is 0.412 e. The maximum atomic E-state index is 13.7. The zero-order valence-corrected chi connectivity index (χ0v) is 30.6. The van der Waals surface area contributed by atoms with Gasteiger partial charge in [0, 0.05) is 23.7 Å². The highest BCUT2D eigenvalue weighted by molar-refractivity contribution is 5.91. The summed E-state index contributed by atoms with van der Waals surface area (Å²) in [6.45, 7) is 2.79. The molecule has 17 heteroatoms. The van der Waals surface area contributed by atoms with Crippen LogP contribution in [-0.2, 0) is 39.8 Å². The number of nitriles is 1. The number of nitrogens with one attached hydrogen (secondary N) is 3. The van der Waals surface area contributed by atoms with Crippen LogP contribution in [0.5, 0.6) is 0 Å². The number of carbonyl (C=O) groups excluding carboxylic acids is 4. The summed E-state index contributed by atoms with van der Waals surface area (Å²) in [7, 11) is 0. The molecule has 4 aromatic rings. The second-order valence-electron chi connectivity index (χ2n) is 12.1. The predicted molar refractivity (Wildman–Crippen MR) is 198 cm³/mol. The van der Waals surface area contributed by atoms with Gasteiger partial charge in [0.2, 0.25) is 0 Å². The number of benzene rings is 4. The SMILES string of the molecule is CCOC(=O)c1ccc(NC(=O)O[C@@H]2[C@@H](OCc3ccc(F)cc3)[C@H](OCC)O[C@H](COC(=O)Nc3cccc(C#N)c3)[C@H]2OC(=O)Nc2ccc(F)cc2)cc1. The van der Waals surface area contributed by atoms with Crippen molar-refractivity contribution >= 4 is 41.3 Å². The summed E-state index contributed by atoms with van der Waals surface area (Å²) in [4.78, 5) is 52.1. The van der Waals surface area contributed by atoms with E-state index in [0.29, 0.717) is 5.56 Å². The van der Waals surface area contributed by atoms with Crippen molar-refractivity contribution in [2.45, 2.75) is 51.2 Å². The minimum atomic E-state index is -1.58. The predicted octanol–water partition coefficient (Wildman–Crippen LogP) is 7.14. The summed E-state index contributed by atoms with van der Waals surface area (Å²) in [5, 5.41) is 16.7. The summed E-state index contributed by atoms with van der Waals surface area (Å²) < 4.78 is 67.8. The Bertz CT molecular complexity index is 2030. The van der Waals surface area contributed by atoms with Crippen LogP contribution in [-0.4, -0.2) is 74.8 Å². The molecular formula is C40H38F2N4O11. The molecule has 3 amide bonds. The van der Waals surface area contributed by atoms with E-state index in [0.717, 1.165) is 12.1 Å². The lowest BCUT2D eigenvalue weighted by molar-refractivity contribution is -0.308. The zero-order valence-electron chi connectivity index (χ0n) is 30.6. The van der Waals surface area contributed by atoms with Crippen molar-refractivity contribution < 1.29 is 61.1 Å². The topological polar surface area (TPSA) is 193 Å². The Balaban J connectivity index is 1.44. The maximum absolute atomic E-state index is 13.7. The van der Waals surface area contributed by atoms with Gasteiger partial charge in [-0.05, 0) is 98.3 Å². The number of esters is 1. The lowest BCUT2D eigenvalue weighted by atomic mass is 9.98. The van der Waals surface area contributed by atoms with Gasteiger partial charge >= 0.3 is 24.2 Å². The molecule has 0 unspecified atom stereocenters. The molecule has 4 aromatic carbocycles. The Kier molecular flexibility index (Phi) is 14.8. The molecule has 0 aliphatic carbocycles. The van der Waals surface area contributed by atoms with E-state index >= 15 is 0 Å². The Morgan fingerprint density at radius 3 is 1.89 bits per heavy atom. The summed E-state index contributed by atoms with van der Waals surface area (Å²) in [5.74, 6) is -1.60. The van der Waals surface area contributed by atoms with Gasteiger partial charge in [0.1, 0.15) is 30.4 Å². The number of anilines is 3. The molecule has 1 fully saturated rings. The number of hydrogen-bond acceptors (Lipinski definition) is 12. The molecule has 57 heavy (non-hydrogen) atoms. The van der Waals surface area contributed by atoms with Crippen LogP contribution >= 0.6 is 0 Å². The molecule has 3 N–H and O–H groups in total. The van der Waals surface area contributed by atoms with E-state index in [4.69, 9.17) is 33.2 Å². The first-order valence-electron chi connectivity index (χ1n) is 17.6. The fourth-order valence-electron chi connectivity index (χ4n) is 5.49. The van der Waals surface area contributed by atoms with Gasteiger partial charge in [0.15, 0.2) is 18.5 Å². The van der Waals surface area contributed by atoms with E-state index in [2.05, 4.69) is 16.0 Å². The fourth-order valence-corrected chi connectivity index (χ4v) is 5.49. The Hall–Kier alpha value is -6.61. The first-order valence-corrected chi connectivity index (χ1v) is 17.6. The lowest BCUT2D eigenvalue weighted by Crippen LogP contribution is -2.63. The largest absolute Gasteiger partial charge is 0.462 e. The molecule has 5 rings (SSSR count). The molecular weight excluding hydrogens is 750 g/mol. The number of amides is 3. The standard InChI is InChI=1S/C40H38F2N4O11/c1-3-51-36(47)26-10-16-29(17-11-26)44-40(50)57-34-33(56-39(49)45-30-18-14-28(42)15-19-30)32(23-54-38(48)46-31-7-5-6-25(20-31)21-43)55-37(52-4-2)35(34)53-22-24-8-12-27(41)13-9-24/h5-20,32-35,37H,3-4,22-23H2,1-2H3,(H,44,50)(H,45,49)(H,46,48)/t32-,33-,34+,35-,37-/m1/s1. The van der Waals surface area contributed by atoms with Crippen molar-refractivity contribution in [2.24, 2.45) is 0 Å². The first kappa shape index (κ1) is 41.6. The van der Waals surface area contributed by atoms with Gasteiger partial charge in [-0.15, -0.1) is 0 Å². The number of halogens is 2. The molecule has 5 atom stereocenters. The molecule has 1 heterocycles. The normalized spacial score (nSPS) is 18.6. The highest BCUT2D eigenvalue weighted by Crippen LogP contribution is 2.31. The number of carbonyl (C=O) groups is 4. The molecule has 1 saturated heterocycles. The van der Waals surface area contributed by atoms with Crippen LogP contribution in [0.3, 0.4) is 0 Å². The Morgan fingerprint density at radius 2 is 1.28 bits per heavy atom. The Labute approximate surface area is 325 Å². The van der Waals surface area contributed by atoms with E-state index < -0.39 is 73.2 Å². The van der Waals surface area contributed by atoms with Gasteiger partial charge in [-0.2, -0.15) is 5.26 Å². The fraction of sp³-hybridized carbons (Fsp3) is 0.275. The van der Waals surface area contributed by atoms with Gasteiger partial charge in [-0.1, -0.05) is 18.2 Å². The summed E-state index contributed by atoms with van der Waals surface area (Å²) >= 11 is 0. The van der Waals surface area contributed by atoms with Crippen LogP contribution in [0.1, 0.15) is 35.3 Å². The quantitative estimate of drug-likeness (QED) is 0.0865. The van der Waals surface area contributed by atoms with Crippen molar-refractivity contribution in [1.29, 1.82) is 5.26 Å². The number of ether oxygens (including phenoxy) is 7. The van der Waals surface area contributed by atoms with E-state index in [1.165, 1.54) is 72.8 Å². The Morgan fingerprint density at radius 1 is 0.684 bits per heavy atom. The third kappa shape index (κ3) is 12.2. The van der Waals surface area contributed by atoms with Crippen LogP contribution in [0.2, 0.25) is 0 Å². The van der Waals surface area contributed by atoms with Crippen molar-refractivity contribution in [3.63, 3.8) is 0 Å². The van der Waals surface area contributed by atoms with Crippen LogP contribution in [0.25, 0.3) is 0 Å². The third-order valence-electron chi connectivity index (χ3n) is 8.11. The van der Waals surface area contributed by atoms with Gasteiger partial charge in [0.25, 0.3) is 0 Å². The van der Waals surface area contributed by atoms with Crippen molar-refractivity contribution in [3.05, 3.63) is 125 Å². The molecule has 0 bridgehead atoms. The van der Waals surface area contributed by atoms with Gasteiger partial charge in [0.05, 0.1) is 30.4 Å². The van der Waals surface area contributed by atoms with Gasteiger partial charge < -0.3 is 33.2 Å². The summed E-state index contributed by atoms with van der Waals surface area (Å²) in [5.41, 5.74) is 1.66. The molecule has 0 saturated carbocycles. The average molecular weight is 789 g/mol. The van der Waals surface area contributed by atoms with E-state index in [-0.39, 0.29) is 48.0 Å². The molecule has 1 aliphatic rings. The molecule has 15 nitrogen and oxygen atoms in total. The van der Waals surface area contributed by atoms with Crippen molar-refractivity contribution in [2.75, 3.05) is 35.8 Å². The van der Waals surface area contributed by atoms with Crippen molar-refractivity contribution in [3.8, 4) is 6.07 Å². The molecule has 0 radical (unpaired) electrons. The van der Waals surface area contributed by atoms with Crippen LogP contribution < -0.4 is 16.0 Å². The minimum absolute atomic E-state index is 0.0622. The second-order valence-corrected chi connectivity index (χ2v) is 12.1. The zero-order chi connectivity index (χ0) is 40.7. The molecule has 0 spiro atoms. The first-order chi connectivity index (χ1) is 27.5. The highest BCUT2D eigenvalue weighted by atomic mass is 19.1. The van der Waals surface area contributed by atoms with E-state index in [9.17, 15) is 33.2 Å². The second kappa shape index (κ2) is 20.3. The third-order valence-corrected chi connectivity index (χ3v) is 8.11. The summed E-state index contributed by atoms with van der Waals surface area (Å²) in [6.07, 6.45) is -10.2. The molecule has 298 valence electrons. The number of hydrogen-bond donors (Lipinski definition) is 3. The minimum Gasteiger partial charge on any atom is -0.462 e. The smallest absolute Gasteiger partial charge is 0.412 e. The van der Waals surface area contributed by atoms with Crippen LogP contribution in [0.4, 0.5) is 40.2 Å². The number of nitrogens with zero attached hydrogens (tertiary/aromatic N) is 1.